The SMILES string of the molecule is NC(=O)C1C2CN(c3cc(-c4ccc5ncn(CC6CCOCC6)c5c4)c(Cl)cn3)CC21. The number of aromatic nitrogens is 3. The quantitative estimate of drug-likeness (QED) is 0.642. The molecule has 1 saturated carbocycles. The van der Waals surface area contributed by atoms with E-state index in [9.17, 15) is 4.79 Å². The summed E-state index contributed by atoms with van der Waals surface area (Å²) in [7, 11) is 0. The lowest BCUT2D eigenvalue weighted by molar-refractivity contribution is -0.119. The van der Waals surface area contributed by atoms with Gasteiger partial charge in [0.25, 0.3) is 0 Å². The van der Waals surface area contributed by atoms with E-state index in [1.807, 2.05) is 6.33 Å². The number of hydrogen-bond donors (Lipinski definition) is 1. The van der Waals surface area contributed by atoms with Crippen molar-refractivity contribution in [1.29, 1.82) is 0 Å². The summed E-state index contributed by atoms with van der Waals surface area (Å²) in [5, 5.41) is 0.628. The Kier molecular flexibility index (Phi) is 4.84. The highest BCUT2D eigenvalue weighted by Gasteiger charge is 2.58. The molecule has 3 aromatic rings. The zero-order valence-corrected chi connectivity index (χ0v) is 18.5. The second-order valence-corrected chi connectivity index (χ2v) is 9.75. The maximum atomic E-state index is 11.5. The maximum Gasteiger partial charge on any atom is 0.221 e. The normalized spacial score (nSPS) is 25.3. The zero-order valence-electron chi connectivity index (χ0n) is 17.8. The molecule has 0 bridgehead atoms. The van der Waals surface area contributed by atoms with Crippen LogP contribution in [0.1, 0.15) is 12.8 Å². The van der Waals surface area contributed by atoms with Gasteiger partial charge in [0.1, 0.15) is 5.82 Å². The number of imidazole rings is 1. The monoisotopic (exact) mass is 451 g/mol. The molecule has 0 spiro atoms. The molecule has 7 nitrogen and oxygen atoms in total. The number of benzene rings is 1. The van der Waals surface area contributed by atoms with E-state index in [-0.39, 0.29) is 11.8 Å². The summed E-state index contributed by atoms with van der Waals surface area (Å²) in [6.07, 6.45) is 5.85. The first-order valence-corrected chi connectivity index (χ1v) is 11.7. The highest BCUT2D eigenvalue weighted by atomic mass is 35.5. The Bertz CT molecular complexity index is 1180. The predicted molar refractivity (Wildman–Crippen MR) is 123 cm³/mol. The molecule has 4 heterocycles. The first-order valence-electron chi connectivity index (χ1n) is 11.3. The number of primary amides is 1. The van der Waals surface area contributed by atoms with Crippen LogP contribution < -0.4 is 10.6 Å². The summed E-state index contributed by atoms with van der Waals surface area (Å²) in [4.78, 5) is 22.9. The van der Waals surface area contributed by atoms with Crippen molar-refractivity contribution < 1.29 is 9.53 Å². The topological polar surface area (TPSA) is 86.3 Å². The molecule has 3 aliphatic rings. The number of anilines is 1. The third kappa shape index (κ3) is 3.44. The smallest absolute Gasteiger partial charge is 0.221 e. The van der Waals surface area contributed by atoms with Crippen molar-refractivity contribution in [2.75, 3.05) is 31.2 Å². The average molecular weight is 452 g/mol. The molecule has 0 radical (unpaired) electrons. The van der Waals surface area contributed by atoms with Crippen LogP contribution in [0.2, 0.25) is 5.02 Å². The number of carbonyl (C=O) groups is 1. The molecular weight excluding hydrogens is 426 g/mol. The number of nitrogens with two attached hydrogens (primary N) is 1. The van der Waals surface area contributed by atoms with E-state index in [2.05, 4.69) is 43.7 Å². The Morgan fingerprint density at radius 1 is 1.16 bits per heavy atom. The van der Waals surface area contributed by atoms with E-state index >= 15 is 0 Å². The number of carbonyl (C=O) groups excluding carboxylic acids is 1. The number of ether oxygens (including phenoxy) is 1. The van der Waals surface area contributed by atoms with Crippen LogP contribution in [0.3, 0.4) is 0 Å². The molecule has 3 fully saturated rings. The van der Waals surface area contributed by atoms with E-state index in [0.717, 1.165) is 73.7 Å². The van der Waals surface area contributed by atoms with Crippen LogP contribution in [-0.4, -0.2) is 46.7 Å². The Hall–Kier alpha value is -2.64. The largest absolute Gasteiger partial charge is 0.381 e. The summed E-state index contributed by atoms with van der Waals surface area (Å²) in [5.41, 5.74) is 9.62. The predicted octanol–water partition coefficient (Wildman–Crippen LogP) is 3.35. The van der Waals surface area contributed by atoms with Crippen molar-refractivity contribution in [3.8, 4) is 11.1 Å². The van der Waals surface area contributed by atoms with Gasteiger partial charge in [0, 0.05) is 50.5 Å². The number of amides is 1. The standard InChI is InChI=1S/C24H26ClN5O2/c25-19-9-27-22(29-11-17-18(12-29)23(17)24(26)31)8-16(19)15-1-2-20-21(7-15)30(13-28-20)10-14-3-5-32-6-4-14/h1-2,7-9,13-14,17-18,23H,3-6,10-12H2,(H2,26,31). The molecule has 2 aliphatic heterocycles. The lowest BCUT2D eigenvalue weighted by atomic mass is 10.00. The number of nitrogens with zero attached hydrogens (tertiary/aromatic N) is 4. The molecule has 2 aromatic heterocycles. The van der Waals surface area contributed by atoms with Gasteiger partial charge in [-0.3, -0.25) is 4.79 Å². The van der Waals surface area contributed by atoms with E-state index in [1.165, 1.54) is 0 Å². The van der Waals surface area contributed by atoms with Crippen molar-refractivity contribution in [3.05, 3.63) is 41.8 Å². The summed E-state index contributed by atoms with van der Waals surface area (Å²) >= 11 is 6.58. The molecule has 8 heteroatoms. The first-order chi connectivity index (χ1) is 15.6. The number of hydrogen-bond acceptors (Lipinski definition) is 5. The van der Waals surface area contributed by atoms with Crippen LogP contribution in [0.4, 0.5) is 5.82 Å². The number of piperidine rings is 1. The average Bonchev–Trinajstić information content (AvgIpc) is 3.11. The van der Waals surface area contributed by atoms with Crippen LogP contribution in [0.5, 0.6) is 0 Å². The fourth-order valence-electron chi connectivity index (χ4n) is 5.53. The molecule has 166 valence electrons. The van der Waals surface area contributed by atoms with Crippen molar-refractivity contribution in [1.82, 2.24) is 14.5 Å². The fourth-order valence-corrected chi connectivity index (χ4v) is 5.75. The Labute approximate surface area is 191 Å². The molecule has 1 aliphatic carbocycles. The van der Waals surface area contributed by atoms with Crippen LogP contribution in [0.15, 0.2) is 36.8 Å². The molecule has 1 aromatic carbocycles. The fraction of sp³-hybridized carbons (Fsp3) is 0.458. The Morgan fingerprint density at radius 2 is 1.94 bits per heavy atom. The Morgan fingerprint density at radius 3 is 2.69 bits per heavy atom. The maximum absolute atomic E-state index is 11.5. The highest BCUT2D eigenvalue weighted by molar-refractivity contribution is 6.33. The van der Waals surface area contributed by atoms with Crippen LogP contribution in [-0.2, 0) is 16.1 Å². The van der Waals surface area contributed by atoms with Gasteiger partial charge in [-0.15, -0.1) is 0 Å². The summed E-state index contributed by atoms with van der Waals surface area (Å²) < 4.78 is 7.76. The van der Waals surface area contributed by atoms with E-state index in [4.69, 9.17) is 22.1 Å². The van der Waals surface area contributed by atoms with Gasteiger partial charge in [0.2, 0.25) is 5.91 Å². The lowest BCUT2D eigenvalue weighted by Crippen LogP contribution is -2.28. The molecule has 2 atom stereocenters. The molecular formula is C24H26ClN5O2. The molecule has 2 N–H and O–H groups in total. The zero-order chi connectivity index (χ0) is 21.8. The third-order valence-corrected chi connectivity index (χ3v) is 7.72. The number of fused-ring (bicyclic) bond motifs is 2. The van der Waals surface area contributed by atoms with Crippen LogP contribution in [0, 0.1) is 23.7 Å². The second-order valence-electron chi connectivity index (χ2n) is 9.34. The second kappa shape index (κ2) is 7.74. The minimum absolute atomic E-state index is 0.0384. The molecule has 1 amide bonds. The number of pyridine rings is 1. The van der Waals surface area contributed by atoms with Gasteiger partial charge in [0.15, 0.2) is 0 Å². The van der Waals surface area contributed by atoms with Gasteiger partial charge in [-0.1, -0.05) is 17.7 Å². The molecule has 2 unspecified atom stereocenters. The van der Waals surface area contributed by atoms with Crippen molar-refractivity contribution in [2.45, 2.75) is 19.4 Å². The number of halogens is 1. The van der Waals surface area contributed by atoms with Crippen LogP contribution >= 0.6 is 11.6 Å². The molecule has 6 rings (SSSR count). The third-order valence-electron chi connectivity index (χ3n) is 7.42. The van der Waals surface area contributed by atoms with Gasteiger partial charge >= 0.3 is 0 Å². The summed E-state index contributed by atoms with van der Waals surface area (Å²) in [6.45, 7) is 4.29. The van der Waals surface area contributed by atoms with E-state index in [1.54, 1.807) is 6.20 Å². The lowest BCUT2D eigenvalue weighted by Gasteiger charge is -2.22. The van der Waals surface area contributed by atoms with Gasteiger partial charge in [0.05, 0.1) is 22.4 Å². The van der Waals surface area contributed by atoms with Gasteiger partial charge in [-0.25, -0.2) is 9.97 Å². The van der Waals surface area contributed by atoms with Crippen molar-refractivity contribution >= 4 is 34.4 Å². The van der Waals surface area contributed by atoms with Gasteiger partial charge in [-0.05, 0) is 54.4 Å². The van der Waals surface area contributed by atoms with Crippen LogP contribution in [0.25, 0.3) is 22.2 Å². The molecule has 32 heavy (non-hydrogen) atoms. The van der Waals surface area contributed by atoms with Gasteiger partial charge < -0.3 is 19.9 Å². The highest BCUT2D eigenvalue weighted by Crippen LogP contribution is 2.52. The first kappa shape index (κ1) is 20.0. The Balaban J connectivity index is 1.27. The minimum Gasteiger partial charge on any atom is -0.381 e. The van der Waals surface area contributed by atoms with Crippen molar-refractivity contribution in [3.63, 3.8) is 0 Å². The number of rotatable bonds is 5. The van der Waals surface area contributed by atoms with Gasteiger partial charge in [-0.2, -0.15) is 0 Å². The van der Waals surface area contributed by atoms with E-state index < -0.39 is 0 Å². The molecule has 2 saturated heterocycles. The summed E-state index contributed by atoms with van der Waals surface area (Å²) in [6, 6.07) is 8.37. The summed E-state index contributed by atoms with van der Waals surface area (Å²) in [5.74, 6) is 2.11. The van der Waals surface area contributed by atoms with Crippen molar-refractivity contribution in [2.24, 2.45) is 29.4 Å². The van der Waals surface area contributed by atoms with E-state index in [0.29, 0.717) is 22.8 Å². The minimum atomic E-state index is -0.171.